The summed E-state index contributed by atoms with van der Waals surface area (Å²) in [7, 11) is 0. The van der Waals surface area contributed by atoms with Gasteiger partial charge in [-0.05, 0) is 42.0 Å². The van der Waals surface area contributed by atoms with E-state index in [4.69, 9.17) is 5.73 Å². The average molecular weight is 390 g/mol. The predicted molar refractivity (Wildman–Crippen MR) is 110 cm³/mol. The summed E-state index contributed by atoms with van der Waals surface area (Å²) >= 11 is 0. The quantitative estimate of drug-likeness (QED) is 0.444. The molecule has 0 bridgehead atoms. The smallest absolute Gasteiger partial charge is 0.255 e. The molecule has 1 heterocycles. The molecule has 0 aliphatic carbocycles. The molecule has 4 N–H and O–H groups in total. The molecule has 7 heteroatoms. The molecule has 1 aromatic heterocycles. The first-order chi connectivity index (χ1) is 13.9. The maximum atomic E-state index is 13.1. The lowest BCUT2D eigenvalue weighted by Crippen LogP contribution is -2.23. The van der Waals surface area contributed by atoms with Crippen molar-refractivity contribution in [2.24, 2.45) is 0 Å². The van der Waals surface area contributed by atoms with Crippen LogP contribution in [0.15, 0.2) is 73.6 Å². The van der Waals surface area contributed by atoms with Gasteiger partial charge in [0, 0.05) is 35.6 Å². The lowest BCUT2D eigenvalue weighted by Gasteiger charge is -2.10. The summed E-state index contributed by atoms with van der Waals surface area (Å²) in [6.45, 7) is 4.07. The number of pyridine rings is 1. The number of halogens is 1. The molecular formula is C22H19FN4O2. The molecule has 0 fully saturated rings. The van der Waals surface area contributed by atoms with Crippen LogP contribution in [-0.4, -0.2) is 16.8 Å². The average Bonchev–Trinajstić information content (AvgIpc) is 2.74. The van der Waals surface area contributed by atoms with Gasteiger partial charge in [0.05, 0.1) is 11.4 Å². The maximum Gasteiger partial charge on any atom is 0.255 e. The number of carbonyl (C=O) groups excluding carboxylic acids is 2. The summed E-state index contributed by atoms with van der Waals surface area (Å²) in [5.74, 6) is -1.14. The minimum Gasteiger partial charge on any atom is -0.397 e. The number of rotatable bonds is 6. The topological polar surface area (TPSA) is 97.1 Å². The number of nitrogens with one attached hydrogen (secondary N) is 2. The third kappa shape index (κ3) is 5.04. The number of nitrogens with two attached hydrogens (primary N) is 1. The van der Waals surface area contributed by atoms with Crippen LogP contribution >= 0.6 is 0 Å². The van der Waals surface area contributed by atoms with Gasteiger partial charge in [-0.1, -0.05) is 24.8 Å². The van der Waals surface area contributed by atoms with Crippen LogP contribution in [0.5, 0.6) is 0 Å². The Kier molecular flexibility index (Phi) is 5.99. The third-order valence-corrected chi connectivity index (χ3v) is 4.22. The fourth-order valence-electron chi connectivity index (χ4n) is 2.58. The van der Waals surface area contributed by atoms with E-state index in [0.717, 1.165) is 11.6 Å². The molecule has 0 saturated carbocycles. The van der Waals surface area contributed by atoms with Crippen LogP contribution in [0.3, 0.4) is 0 Å². The molecule has 2 amide bonds. The molecule has 0 unspecified atom stereocenters. The summed E-state index contributed by atoms with van der Waals surface area (Å²) in [6.07, 6.45) is 3.19. The number of anilines is 2. The van der Waals surface area contributed by atoms with Gasteiger partial charge in [0.1, 0.15) is 5.82 Å². The Hall–Kier alpha value is -4.00. The second-order valence-corrected chi connectivity index (χ2v) is 6.29. The van der Waals surface area contributed by atoms with Gasteiger partial charge in [0.25, 0.3) is 11.8 Å². The lowest BCUT2D eigenvalue weighted by molar-refractivity contribution is -0.115. The summed E-state index contributed by atoms with van der Waals surface area (Å²) in [4.78, 5) is 28.5. The number of hydrogen-bond donors (Lipinski definition) is 3. The summed E-state index contributed by atoms with van der Waals surface area (Å²) in [5.41, 5.74) is 8.38. The Labute approximate surface area is 167 Å². The zero-order valence-electron chi connectivity index (χ0n) is 15.5. The molecule has 3 rings (SSSR count). The number of benzene rings is 2. The molecule has 0 aliphatic heterocycles. The van der Waals surface area contributed by atoms with Crippen molar-refractivity contribution in [3.8, 4) is 0 Å². The van der Waals surface area contributed by atoms with Crippen LogP contribution in [-0.2, 0) is 11.3 Å². The molecule has 6 nitrogen and oxygen atoms in total. The van der Waals surface area contributed by atoms with E-state index in [1.54, 1.807) is 48.8 Å². The molecular weight excluding hydrogens is 371 g/mol. The fraction of sp³-hybridized carbons (Fsp3) is 0.0455. The number of nitrogen functional groups attached to an aromatic ring is 1. The maximum absolute atomic E-state index is 13.1. The zero-order chi connectivity index (χ0) is 20.8. The van der Waals surface area contributed by atoms with Crippen molar-refractivity contribution in [1.82, 2.24) is 10.3 Å². The summed E-state index contributed by atoms with van der Waals surface area (Å²) in [5, 5.41) is 5.42. The van der Waals surface area contributed by atoms with Gasteiger partial charge < -0.3 is 16.4 Å². The second kappa shape index (κ2) is 8.79. The van der Waals surface area contributed by atoms with E-state index in [-0.39, 0.29) is 24.0 Å². The summed E-state index contributed by atoms with van der Waals surface area (Å²) in [6, 6.07) is 14.0. The second-order valence-electron chi connectivity index (χ2n) is 6.29. The zero-order valence-corrected chi connectivity index (χ0v) is 15.5. The molecule has 0 radical (unpaired) electrons. The van der Waals surface area contributed by atoms with Gasteiger partial charge in [-0.15, -0.1) is 0 Å². The van der Waals surface area contributed by atoms with Crippen molar-refractivity contribution >= 4 is 28.8 Å². The monoisotopic (exact) mass is 390 g/mol. The number of aromatic nitrogens is 1. The molecule has 29 heavy (non-hydrogen) atoms. The van der Waals surface area contributed by atoms with Crippen molar-refractivity contribution in [2.45, 2.75) is 6.54 Å². The molecule has 3 aromatic rings. The Bertz CT molecular complexity index is 1050. The van der Waals surface area contributed by atoms with E-state index in [2.05, 4.69) is 22.2 Å². The van der Waals surface area contributed by atoms with E-state index in [1.807, 2.05) is 0 Å². The number of nitrogens with zero attached hydrogens (tertiary/aromatic N) is 1. The van der Waals surface area contributed by atoms with Crippen LogP contribution in [0.2, 0.25) is 0 Å². The van der Waals surface area contributed by atoms with Crippen molar-refractivity contribution in [1.29, 1.82) is 0 Å². The first-order valence-corrected chi connectivity index (χ1v) is 8.77. The normalized spacial score (nSPS) is 10.2. The van der Waals surface area contributed by atoms with Crippen LogP contribution in [0.1, 0.15) is 21.5 Å². The van der Waals surface area contributed by atoms with Crippen molar-refractivity contribution in [3.63, 3.8) is 0 Å². The number of amides is 2. The first-order valence-electron chi connectivity index (χ1n) is 8.77. The first kappa shape index (κ1) is 19.8. The van der Waals surface area contributed by atoms with E-state index >= 15 is 0 Å². The third-order valence-electron chi connectivity index (χ3n) is 4.22. The van der Waals surface area contributed by atoms with E-state index in [9.17, 15) is 14.0 Å². The molecule has 0 spiro atoms. The van der Waals surface area contributed by atoms with Crippen LogP contribution < -0.4 is 16.4 Å². The van der Waals surface area contributed by atoms with Gasteiger partial charge in [-0.25, -0.2) is 4.39 Å². The highest BCUT2D eigenvalue weighted by atomic mass is 19.1. The summed E-state index contributed by atoms with van der Waals surface area (Å²) < 4.78 is 13.1. The Morgan fingerprint density at radius 1 is 1.07 bits per heavy atom. The minimum absolute atomic E-state index is 0.145. The highest BCUT2D eigenvalue weighted by molar-refractivity contribution is 6.18. The molecule has 146 valence electrons. The van der Waals surface area contributed by atoms with Gasteiger partial charge in [-0.3, -0.25) is 14.6 Å². The van der Waals surface area contributed by atoms with Crippen molar-refractivity contribution < 1.29 is 14.0 Å². The number of hydrogen-bond acceptors (Lipinski definition) is 4. The van der Waals surface area contributed by atoms with Gasteiger partial charge in [0.2, 0.25) is 0 Å². The lowest BCUT2D eigenvalue weighted by atomic mass is 10.1. The fourth-order valence-corrected chi connectivity index (χ4v) is 2.58. The highest BCUT2D eigenvalue weighted by Gasteiger charge is 2.11. The Morgan fingerprint density at radius 2 is 1.83 bits per heavy atom. The van der Waals surface area contributed by atoms with Gasteiger partial charge in [-0.2, -0.15) is 0 Å². The molecule has 0 atom stereocenters. The van der Waals surface area contributed by atoms with Gasteiger partial charge in [0.15, 0.2) is 0 Å². The standard InChI is InChI=1S/C22H19FN4O2/c1-14(17-3-2-10-25-13-17)21(28)26-12-15-4-6-16(7-5-15)22(29)27-20-9-8-18(23)11-19(20)24/h2-11,13H,1,12,24H2,(H,26,28)(H,27,29). The molecule has 0 saturated heterocycles. The van der Waals surface area contributed by atoms with Gasteiger partial charge >= 0.3 is 0 Å². The van der Waals surface area contributed by atoms with E-state index in [0.29, 0.717) is 22.4 Å². The van der Waals surface area contributed by atoms with Crippen LogP contribution in [0.4, 0.5) is 15.8 Å². The van der Waals surface area contributed by atoms with Crippen molar-refractivity contribution in [3.05, 3.63) is 96.1 Å². The van der Waals surface area contributed by atoms with E-state index in [1.165, 1.54) is 12.1 Å². The largest absolute Gasteiger partial charge is 0.397 e. The number of carbonyl (C=O) groups is 2. The molecule has 2 aromatic carbocycles. The Morgan fingerprint density at radius 3 is 2.48 bits per heavy atom. The highest BCUT2D eigenvalue weighted by Crippen LogP contribution is 2.20. The van der Waals surface area contributed by atoms with E-state index < -0.39 is 5.82 Å². The van der Waals surface area contributed by atoms with Crippen molar-refractivity contribution in [2.75, 3.05) is 11.1 Å². The SMILES string of the molecule is C=C(C(=O)NCc1ccc(C(=O)Nc2ccc(F)cc2N)cc1)c1cccnc1. The Balaban J connectivity index is 1.57. The minimum atomic E-state index is -0.474. The van der Waals surface area contributed by atoms with Crippen LogP contribution in [0.25, 0.3) is 5.57 Å². The predicted octanol–water partition coefficient (Wildman–Crippen LogP) is 3.38. The van der Waals surface area contributed by atoms with Crippen LogP contribution in [0, 0.1) is 5.82 Å². The molecule has 0 aliphatic rings.